The zero-order chi connectivity index (χ0) is 7.44. The molecule has 9 heavy (non-hydrogen) atoms. The van der Waals surface area contributed by atoms with E-state index in [4.69, 9.17) is 10.8 Å². The van der Waals surface area contributed by atoms with Gasteiger partial charge in [0.25, 0.3) is 5.52 Å². The molecule has 0 heterocycles. The van der Waals surface area contributed by atoms with Crippen molar-refractivity contribution >= 4 is 20.7 Å². The Morgan fingerprint density at radius 3 is 2.22 bits per heavy atom. The predicted molar refractivity (Wildman–Crippen MR) is 36.3 cm³/mol. The van der Waals surface area contributed by atoms with Crippen LogP contribution in [0.25, 0.3) is 0 Å². The van der Waals surface area contributed by atoms with Crippen molar-refractivity contribution in [2.75, 3.05) is 0 Å². The Morgan fingerprint density at radius 1 is 1.67 bits per heavy atom. The van der Waals surface area contributed by atoms with Crippen LogP contribution in [0.2, 0.25) is 0 Å². The smallest absolute Gasteiger partial charge is 0.305 e. The monoisotopic (exact) mass is 150 g/mol. The molecule has 0 bridgehead atoms. The molecule has 0 aliphatic heterocycles. The van der Waals surface area contributed by atoms with Gasteiger partial charge in [-0.1, -0.05) is 0 Å². The van der Waals surface area contributed by atoms with Crippen LogP contribution < -0.4 is 5.73 Å². The summed E-state index contributed by atoms with van der Waals surface area (Å²) in [6.07, 6.45) is -0.275. The van der Waals surface area contributed by atoms with Crippen LogP contribution in [0, 0.1) is 0 Å². The van der Waals surface area contributed by atoms with Gasteiger partial charge in [-0.05, 0) is 0 Å². The number of carboxylic acids is 1. The summed E-state index contributed by atoms with van der Waals surface area (Å²) in [5.41, 5.74) is 4.83. The summed E-state index contributed by atoms with van der Waals surface area (Å²) in [7, 11) is 1.08. The highest BCUT2D eigenvalue weighted by atomic mass is 31.0. The second-order valence-electron chi connectivity index (χ2n) is 1.67. The molecule has 52 valence electrons. The molecule has 0 aromatic heterocycles. The topological polar surface area (TPSA) is 80.4 Å². The summed E-state index contributed by atoms with van der Waals surface area (Å²) in [6, 6.07) is -0.833. The first-order chi connectivity index (χ1) is 4.04. The van der Waals surface area contributed by atoms with Gasteiger partial charge in [0, 0.05) is 9.24 Å². The largest absolute Gasteiger partial charge is 0.481 e. The van der Waals surface area contributed by atoms with E-state index in [0.29, 0.717) is 0 Å². The molecule has 0 spiro atoms. The quantitative estimate of drug-likeness (QED) is 0.501. The highest BCUT2D eigenvalue weighted by Crippen LogP contribution is 1.95. The van der Waals surface area contributed by atoms with Crippen molar-refractivity contribution in [1.82, 2.24) is 0 Å². The first-order valence-corrected chi connectivity index (χ1v) is 3.08. The van der Waals surface area contributed by atoms with E-state index < -0.39 is 12.0 Å². The Hall–Kier alpha value is -0.470. The number of carbonyl (C=O) groups is 2. The van der Waals surface area contributed by atoms with Gasteiger partial charge in [-0.2, -0.15) is 0 Å². The Kier molecular flexibility index (Phi) is 3.35. The van der Waals surface area contributed by atoms with Crippen LogP contribution in [0.3, 0.4) is 0 Å². The minimum absolute atomic E-state index is 0.266. The van der Waals surface area contributed by atoms with Gasteiger partial charge in [0.15, 0.2) is 0 Å². The molecule has 0 rings (SSSR count). The van der Waals surface area contributed by atoms with Gasteiger partial charge in [-0.3, -0.25) is 9.59 Å². The Bertz CT molecular complexity index is 136. The normalized spacial score (nSPS) is 13.0. The Labute approximate surface area is 54.6 Å². The third-order valence-electron chi connectivity index (χ3n) is 0.808. The molecule has 3 N–H and O–H groups in total. The van der Waals surface area contributed by atoms with E-state index in [0.717, 1.165) is 9.24 Å². The van der Waals surface area contributed by atoms with Crippen molar-refractivity contribution in [2.45, 2.75) is 12.5 Å². The molecule has 0 aliphatic carbocycles. The minimum Gasteiger partial charge on any atom is -0.481 e. The lowest BCUT2D eigenvalue weighted by molar-refractivity contribution is -0.138. The minimum atomic E-state index is -1.04. The third kappa shape index (κ3) is 4.06. The van der Waals surface area contributed by atoms with Gasteiger partial charge >= 0.3 is 5.97 Å². The maximum Gasteiger partial charge on any atom is 0.305 e. The maximum atomic E-state index is 10.3. The second-order valence-corrected chi connectivity index (χ2v) is 2.37. The lowest BCUT2D eigenvalue weighted by atomic mass is 10.2. The van der Waals surface area contributed by atoms with Crippen molar-refractivity contribution in [3.8, 4) is 0 Å². The molecule has 1 unspecified atom stereocenters. The summed E-state index contributed by atoms with van der Waals surface area (Å²) in [5.74, 6) is -1.04. The van der Waals surface area contributed by atoms with Crippen LogP contribution >= 0.6 is 9.24 Å². The maximum absolute atomic E-state index is 10.3. The molecule has 0 aromatic carbocycles. The Morgan fingerprint density at radius 2 is 2.11 bits per heavy atom. The molecule has 0 fully saturated rings. The van der Waals surface area contributed by atoms with Crippen molar-refractivity contribution in [3.05, 3.63) is 0 Å². The third-order valence-corrected chi connectivity index (χ3v) is 1.33. The molecular formula is C4H9NO3P+. The number of hydrogen-bond donors (Lipinski definition) is 2. The lowest BCUT2D eigenvalue weighted by Crippen LogP contribution is -2.29. The molecule has 0 saturated heterocycles. The average molecular weight is 150 g/mol. The summed E-state index contributed by atoms with van der Waals surface area (Å²) in [6.45, 7) is 0. The first-order valence-electron chi connectivity index (χ1n) is 2.37. The van der Waals surface area contributed by atoms with Gasteiger partial charge in [0.2, 0.25) is 0 Å². The zero-order valence-corrected chi connectivity index (χ0v) is 6.25. The van der Waals surface area contributed by atoms with Crippen molar-refractivity contribution in [3.63, 3.8) is 0 Å². The molecule has 0 amide bonds. The van der Waals surface area contributed by atoms with E-state index in [1.807, 2.05) is 0 Å². The molecule has 2 atom stereocenters. The number of hydrogen-bond acceptors (Lipinski definition) is 3. The molecule has 4 nitrogen and oxygen atoms in total. The number of carboxylic acid groups (broad SMARTS) is 1. The van der Waals surface area contributed by atoms with Crippen LogP contribution in [0.4, 0.5) is 0 Å². The average Bonchev–Trinajstić information content (AvgIpc) is 1.63. The van der Waals surface area contributed by atoms with Crippen LogP contribution in [-0.2, 0) is 9.59 Å². The second kappa shape index (κ2) is 3.54. The number of nitrogens with two attached hydrogens (primary N) is 1. The molecule has 5 heteroatoms. The van der Waals surface area contributed by atoms with E-state index >= 15 is 0 Å². The zero-order valence-electron chi connectivity index (χ0n) is 4.83. The van der Waals surface area contributed by atoms with Gasteiger partial charge in [0.1, 0.15) is 6.04 Å². The summed E-state index contributed by atoms with van der Waals surface area (Å²) >= 11 is 0. The summed E-state index contributed by atoms with van der Waals surface area (Å²) < 4.78 is 0. The number of carbonyl (C=O) groups excluding carboxylic acids is 1. The van der Waals surface area contributed by atoms with Crippen molar-refractivity contribution in [2.24, 2.45) is 5.73 Å². The molecule has 0 aromatic rings. The van der Waals surface area contributed by atoms with Gasteiger partial charge in [0.05, 0.1) is 6.42 Å². The van der Waals surface area contributed by atoms with E-state index in [9.17, 15) is 9.59 Å². The molecule has 0 aliphatic rings. The van der Waals surface area contributed by atoms with Gasteiger partial charge in [-0.25, -0.2) is 0 Å². The van der Waals surface area contributed by atoms with E-state index in [-0.39, 0.29) is 11.9 Å². The fourth-order valence-corrected chi connectivity index (χ4v) is 0.446. The summed E-state index contributed by atoms with van der Waals surface area (Å²) in [4.78, 5) is 20.2. The predicted octanol–water partition coefficient (Wildman–Crippen LogP) is -1.08. The van der Waals surface area contributed by atoms with Crippen molar-refractivity contribution in [1.29, 1.82) is 0 Å². The summed E-state index contributed by atoms with van der Waals surface area (Å²) in [5, 5.41) is 8.10. The van der Waals surface area contributed by atoms with Crippen LogP contribution in [-0.4, -0.2) is 22.6 Å². The standard InChI is InChI=1S/C4H8NO3P/c5-2(4(8)9)1-3(6)7/h2H,1,5,9H2,(H,6,7)/p+1/t2-/m0/s1. The number of aliphatic carboxylic acids is 1. The van der Waals surface area contributed by atoms with E-state index in [1.165, 1.54) is 0 Å². The van der Waals surface area contributed by atoms with Gasteiger partial charge in [-0.15, -0.1) is 0 Å². The van der Waals surface area contributed by atoms with Crippen molar-refractivity contribution < 1.29 is 14.7 Å². The fourth-order valence-electron chi connectivity index (χ4n) is 0.302. The van der Waals surface area contributed by atoms with Crippen LogP contribution in [0.15, 0.2) is 0 Å². The Balaban J connectivity index is 3.63. The highest BCUT2D eigenvalue weighted by Gasteiger charge is 2.15. The van der Waals surface area contributed by atoms with E-state index in [2.05, 4.69) is 0 Å². The van der Waals surface area contributed by atoms with Crippen LogP contribution in [0.1, 0.15) is 6.42 Å². The number of rotatable bonds is 3. The molecule has 0 saturated carbocycles. The fraction of sp³-hybridized carbons (Fsp3) is 0.500. The lowest BCUT2D eigenvalue weighted by Gasteiger charge is -1.97. The van der Waals surface area contributed by atoms with Gasteiger partial charge < -0.3 is 10.8 Å². The molecule has 0 radical (unpaired) electrons. The SMILES string of the molecule is N[C@@H](CC(=O)O)C(=O)[PH3+]. The van der Waals surface area contributed by atoms with E-state index in [1.54, 1.807) is 0 Å². The highest BCUT2D eigenvalue weighted by molar-refractivity contribution is 7.40. The van der Waals surface area contributed by atoms with Crippen LogP contribution in [0.5, 0.6) is 0 Å². The first kappa shape index (κ1) is 8.53. The molecular weight excluding hydrogens is 141 g/mol.